The number of hydrogen-bond donors (Lipinski definition) is 2. The number of rotatable bonds is 5. The Morgan fingerprint density at radius 2 is 2.05 bits per heavy atom. The summed E-state index contributed by atoms with van der Waals surface area (Å²) in [5.74, 6) is -3.76. The molecule has 0 fully saturated rings. The van der Waals surface area contributed by atoms with Gasteiger partial charge in [0, 0.05) is 10.6 Å². The summed E-state index contributed by atoms with van der Waals surface area (Å²) < 4.78 is 26.9. The number of nitrogens with zero attached hydrogens (tertiary/aromatic N) is 1. The largest absolute Gasteiger partial charge is 0.348 e. The van der Waals surface area contributed by atoms with Crippen molar-refractivity contribution in [2.24, 2.45) is 5.73 Å². The van der Waals surface area contributed by atoms with Crippen molar-refractivity contribution in [1.82, 2.24) is 9.88 Å². The highest BCUT2D eigenvalue weighted by molar-refractivity contribution is 7.09. The lowest BCUT2D eigenvalue weighted by Gasteiger charge is -2.14. The van der Waals surface area contributed by atoms with Crippen LogP contribution in [0.3, 0.4) is 0 Å². The first-order valence-corrected chi connectivity index (χ1v) is 6.10. The van der Waals surface area contributed by atoms with Crippen molar-refractivity contribution >= 4 is 29.7 Å². The lowest BCUT2D eigenvalue weighted by molar-refractivity contribution is -0.123. The molecule has 1 amide bonds. The smallest absolute Gasteiger partial charge is 0.308 e. The molecular formula is C10H16ClF2N3O2S. The van der Waals surface area contributed by atoms with E-state index in [1.807, 2.05) is 0 Å². The lowest BCUT2D eigenvalue weighted by atomic mass is 10.3. The molecule has 5 nitrogen and oxygen atoms in total. The summed E-state index contributed by atoms with van der Waals surface area (Å²) in [6.45, 7) is 1.56. The third-order valence-electron chi connectivity index (χ3n) is 2.52. The first-order valence-electron chi connectivity index (χ1n) is 5.28. The topological polar surface area (TPSA) is 77.1 Å². The highest BCUT2D eigenvalue weighted by Crippen LogP contribution is 2.10. The average Bonchev–Trinajstić information content (AvgIpc) is 2.54. The average molecular weight is 316 g/mol. The van der Waals surface area contributed by atoms with E-state index in [9.17, 15) is 18.4 Å². The van der Waals surface area contributed by atoms with Crippen LogP contribution in [0.1, 0.15) is 10.6 Å². The van der Waals surface area contributed by atoms with Crippen LogP contribution < -0.4 is 15.9 Å². The zero-order valence-electron chi connectivity index (χ0n) is 10.5. The molecule has 9 heteroatoms. The van der Waals surface area contributed by atoms with Gasteiger partial charge in [0.15, 0.2) is 0 Å². The van der Waals surface area contributed by atoms with Gasteiger partial charge in [-0.2, -0.15) is 0 Å². The van der Waals surface area contributed by atoms with Gasteiger partial charge in [0.05, 0.1) is 13.1 Å². The number of carbonyl (C=O) groups is 1. The predicted octanol–water partition coefficient (Wildman–Crippen LogP) is 0.659. The Kier molecular flexibility index (Phi) is 6.61. The van der Waals surface area contributed by atoms with Gasteiger partial charge in [0.1, 0.15) is 6.54 Å². The zero-order chi connectivity index (χ0) is 13.9. The molecule has 0 aliphatic heterocycles. The van der Waals surface area contributed by atoms with Gasteiger partial charge in [0.25, 0.3) is 5.92 Å². The first-order chi connectivity index (χ1) is 8.26. The van der Waals surface area contributed by atoms with Crippen LogP contribution in [0, 0.1) is 13.8 Å². The van der Waals surface area contributed by atoms with Gasteiger partial charge in [-0.25, -0.2) is 8.78 Å². The number of thiazole rings is 1. The molecule has 1 aromatic heterocycles. The van der Waals surface area contributed by atoms with Gasteiger partial charge in [-0.1, -0.05) is 11.3 Å². The Morgan fingerprint density at radius 3 is 2.47 bits per heavy atom. The molecule has 1 aromatic rings. The summed E-state index contributed by atoms with van der Waals surface area (Å²) in [5, 5.41) is 2.06. The van der Waals surface area contributed by atoms with Crippen LogP contribution in [0.2, 0.25) is 0 Å². The third-order valence-corrected chi connectivity index (χ3v) is 3.52. The van der Waals surface area contributed by atoms with Crippen LogP contribution in [0.15, 0.2) is 4.79 Å². The molecule has 0 aliphatic rings. The molecule has 19 heavy (non-hydrogen) atoms. The quantitative estimate of drug-likeness (QED) is 0.838. The molecule has 3 N–H and O–H groups in total. The van der Waals surface area contributed by atoms with E-state index < -0.39 is 24.9 Å². The Hall–Kier alpha value is -0.990. The number of nitrogens with one attached hydrogen (secondary N) is 1. The summed E-state index contributed by atoms with van der Waals surface area (Å²) >= 11 is 1.03. The number of amides is 1. The Labute approximate surface area is 119 Å². The van der Waals surface area contributed by atoms with Crippen LogP contribution in [0.5, 0.6) is 0 Å². The molecule has 0 radical (unpaired) electrons. The van der Waals surface area contributed by atoms with Crippen LogP contribution >= 0.6 is 23.7 Å². The molecule has 0 saturated heterocycles. The van der Waals surface area contributed by atoms with E-state index in [0.717, 1.165) is 16.2 Å². The summed E-state index contributed by atoms with van der Waals surface area (Å²) in [6, 6.07) is 0. The van der Waals surface area contributed by atoms with Gasteiger partial charge < -0.3 is 11.1 Å². The summed E-state index contributed by atoms with van der Waals surface area (Å²) in [4.78, 5) is 23.5. The van der Waals surface area contributed by atoms with Crippen LogP contribution in [0.4, 0.5) is 8.78 Å². The Balaban J connectivity index is 0.00000324. The highest BCUT2D eigenvalue weighted by Gasteiger charge is 2.27. The number of halogens is 3. The molecular weight excluding hydrogens is 300 g/mol. The normalized spacial score (nSPS) is 11.0. The second-order valence-electron chi connectivity index (χ2n) is 3.93. The van der Waals surface area contributed by atoms with Crippen molar-refractivity contribution in [1.29, 1.82) is 0 Å². The number of aryl methyl sites for hydroxylation is 1. The van der Waals surface area contributed by atoms with Crippen LogP contribution in [-0.4, -0.2) is 29.5 Å². The van der Waals surface area contributed by atoms with Crippen molar-refractivity contribution in [3.05, 3.63) is 20.2 Å². The summed E-state index contributed by atoms with van der Waals surface area (Å²) in [7, 11) is 0. The van der Waals surface area contributed by atoms with E-state index in [1.54, 1.807) is 13.8 Å². The van der Waals surface area contributed by atoms with Crippen molar-refractivity contribution in [2.75, 3.05) is 13.1 Å². The molecule has 0 saturated carbocycles. The fraction of sp³-hybridized carbons (Fsp3) is 0.600. The van der Waals surface area contributed by atoms with E-state index in [0.29, 0.717) is 5.69 Å². The number of aromatic nitrogens is 1. The van der Waals surface area contributed by atoms with Gasteiger partial charge in [0.2, 0.25) is 5.91 Å². The fourth-order valence-electron chi connectivity index (χ4n) is 1.27. The minimum atomic E-state index is -3.12. The molecule has 0 spiro atoms. The van der Waals surface area contributed by atoms with Crippen molar-refractivity contribution < 1.29 is 13.6 Å². The van der Waals surface area contributed by atoms with Crippen LogP contribution in [0.25, 0.3) is 0 Å². The van der Waals surface area contributed by atoms with E-state index in [4.69, 9.17) is 5.73 Å². The second-order valence-corrected chi connectivity index (χ2v) is 5.10. The van der Waals surface area contributed by atoms with Crippen molar-refractivity contribution in [2.45, 2.75) is 26.3 Å². The first kappa shape index (κ1) is 18.0. The maximum absolute atomic E-state index is 12.8. The summed E-state index contributed by atoms with van der Waals surface area (Å²) in [6.07, 6.45) is 0. The van der Waals surface area contributed by atoms with E-state index >= 15 is 0 Å². The predicted molar refractivity (Wildman–Crippen MR) is 72.3 cm³/mol. The van der Waals surface area contributed by atoms with Gasteiger partial charge in [-0.3, -0.25) is 14.2 Å². The standard InChI is InChI=1S/C10H15F2N3O2S.ClH/c1-6-7(2)18-9(17)15(6)3-8(16)14-5-10(11,12)4-13;/h3-5,13H2,1-2H3,(H,14,16);1H. The number of hydrogen-bond acceptors (Lipinski definition) is 4. The third kappa shape index (κ3) is 4.88. The monoisotopic (exact) mass is 315 g/mol. The molecule has 0 atom stereocenters. The van der Waals surface area contributed by atoms with E-state index in [1.165, 1.54) is 4.57 Å². The van der Waals surface area contributed by atoms with Gasteiger partial charge >= 0.3 is 4.87 Å². The molecule has 1 heterocycles. The molecule has 0 bridgehead atoms. The molecule has 0 unspecified atom stereocenters. The molecule has 110 valence electrons. The lowest BCUT2D eigenvalue weighted by Crippen LogP contribution is -2.43. The molecule has 0 aliphatic carbocycles. The maximum Gasteiger partial charge on any atom is 0.308 e. The number of nitrogens with two attached hydrogens (primary N) is 1. The second kappa shape index (κ2) is 6.97. The summed E-state index contributed by atoms with van der Waals surface area (Å²) in [5.41, 5.74) is 5.51. The van der Waals surface area contributed by atoms with Crippen LogP contribution in [-0.2, 0) is 11.3 Å². The van der Waals surface area contributed by atoms with Crippen molar-refractivity contribution in [3.63, 3.8) is 0 Å². The van der Waals surface area contributed by atoms with Crippen molar-refractivity contribution in [3.8, 4) is 0 Å². The number of carbonyl (C=O) groups excluding carboxylic acids is 1. The molecule has 0 aromatic carbocycles. The van der Waals surface area contributed by atoms with E-state index in [2.05, 4.69) is 5.32 Å². The van der Waals surface area contributed by atoms with Gasteiger partial charge in [-0.05, 0) is 13.8 Å². The Bertz CT molecular complexity index is 501. The molecule has 1 rings (SSSR count). The minimum absolute atomic E-state index is 0. The minimum Gasteiger partial charge on any atom is -0.348 e. The fourth-order valence-corrected chi connectivity index (χ4v) is 2.10. The number of alkyl halides is 2. The maximum atomic E-state index is 12.8. The SMILES string of the molecule is Cc1sc(=O)n(CC(=O)NCC(F)(F)CN)c1C.Cl. The van der Waals surface area contributed by atoms with E-state index in [-0.39, 0.29) is 23.8 Å². The van der Waals surface area contributed by atoms with Gasteiger partial charge in [-0.15, -0.1) is 12.4 Å². The Morgan fingerprint density at radius 1 is 1.47 bits per heavy atom. The highest BCUT2D eigenvalue weighted by atomic mass is 35.5. The zero-order valence-corrected chi connectivity index (χ0v) is 12.2.